The molecule has 1 N–H and O–H groups in total. The zero-order valence-electron chi connectivity index (χ0n) is 9.51. The highest BCUT2D eigenvalue weighted by molar-refractivity contribution is 5.93. The average molecular weight is 224 g/mol. The van der Waals surface area contributed by atoms with Gasteiger partial charge in [-0.05, 0) is 5.92 Å². The average Bonchev–Trinajstić information content (AvgIpc) is 2.20. The molecule has 0 rings (SSSR count). The molecular weight excluding hydrogens is 208 g/mol. The Morgan fingerprint density at radius 2 is 2.06 bits per heavy atom. The molecule has 0 bridgehead atoms. The van der Waals surface area contributed by atoms with Gasteiger partial charge in [0.15, 0.2) is 0 Å². The first kappa shape index (κ1) is 14.2. The van der Waals surface area contributed by atoms with E-state index < -0.39 is 5.97 Å². The maximum absolute atomic E-state index is 11.6. The van der Waals surface area contributed by atoms with Gasteiger partial charge >= 0.3 is 5.97 Å². The maximum atomic E-state index is 11.6. The Morgan fingerprint density at radius 3 is 2.50 bits per heavy atom. The molecule has 0 aliphatic carbocycles. The molecule has 0 unspecified atom stereocenters. The highest BCUT2D eigenvalue weighted by Crippen LogP contribution is 2.01. The monoisotopic (exact) mass is 224 g/mol. The summed E-state index contributed by atoms with van der Waals surface area (Å²) in [5, 5.41) is 16.8. The van der Waals surface area contributed by atoms with E-state index in [1.54, 1.807) is 0 Å². The Kier molecular flexibility index (Phi) is 6.61. The first-order valence-corrected chi connectivity index (χ1v) is 5.04. The number of carbonyl (C=O) groups is 2. The van der Waals surface area contributed by atoms with Crippen molar-refractivity contribution in [3.05, 3.63) is 12.2 Å². The van der Waals surface area contributed by atoms with Crippen LogP contribution in [-0.4, -0.2) is 35.0 Å². The lowest BCUT2D eigenvalue weighted by atomic mass is 10.2. The van der Waals surface area contributed by atoms with Crippen LogP contribution in [0.5, 0.6) is 0 Å². The molecule has 0 radical (unpaired) electrons. The van der Waals surface area contributed by atoms with Crippen LogP contribution < -0.4 is 0 Å². The van der Waals surface area contributed by atoms with Crippen LogP contribution in [0.25, 0.3) is 0 Å². The third-order valence-electron chi connectivity index (χ3n) is 1.76. The van der Waals surface area contributed by atoms with Crippen LogP contribution in [0.4, 0.5) is 0 Å². The van der Waals surface area contributed by atoms with E-state index in [1.807, 2.05) is 19.9 Å². The van der Waals surface area contributed by atoms with Gasteiger partial charge in [0, 0.05) is 25.2 Å². The van der Waals surface area contributed by atoms with Crippen molar-refractivity contribution in [3.8, 4) is 6.07 Å². The van der Waals surface area contributed by atoms with Crippen molar-refractivity contribution in [2.24, 2.45) is 5.92 Å². The first-order valence-electron chi connectivity index (χ1n) is 5.04. The van der Waals surface area contributed by atoms with Gasteiger partial charge in [0.2, 0.25) is 5.91 Å². The number of carboxylic acid groups (broad SMARTS) is 1. The van der Waals surface area contributed by atoms with E-state index in [1.165, 1.54) is 4.90 Å². The molecule has 0 saturated heterocycles. The van der Waals surface area contributed by atoms with Gasteiger partial charge in [-0.15, -0.1) is 0 Å². The van der Waals surface area contributed by atoms with Gasteiger partial charge in [0.05, 0.1) is 12.5 Å². The third-order valence-corrected chi connectivity index (χ3v) is 1.76. The fourth-order valence-corrected chi connectivity index (χ4v) is 1.17. The normalized spacial score (nSPS) is 10.4. The summed E-state index contributed by atoms with van der Waals surface area (Å²) in [5.41, 5.74) is 0. The number of carbonyl (C=O) groups excluding carboxylic acids is 1. The van der Waals surface area contributed by atoms with Crippen molar-refractivity contribution in [3.63, 3.8) is 0 Å². The minimum absolute atomic E-state index is 0.249. The van der Waals surface area contributed by atoms with E-state index in [-0.39, 0.29) is 18.2 Å². The summed E-state index contributed by atoms with van der Waals surface area (Å²) >= 11 is 0. The van der Waals surface area contributed by atoms with Crippen molar-refractivity contribution in [2.75, 3.05) is 13.1 Å². The Morgan fingerprint density at radius 1 is 1.44 bits per heavy atom. The zero-order valence-corrected chi connectivity index (χ0v) is 9.51. The van der Waals surface area contributed by atoms with E-state index in [9.17, 15) is 9.59 Å². The summed E-state index contributed by atoms with van der Waals surface area (Å²) in [6, 6.07) is 1.96. The molecule has 0 fully saturated rings. The molecule has 0 aliphatic rings. The summed E-state index contributed by atoms with van der Waals surface area (Å²) in [7, 11) is 0. The van der Waals surface area contributed by atoms with Crippen molar-refractivity contribution in [1.82, 2.24) is 4.90 Å². The quantitative estimate of drug-likeness (QED) is 0.683. The molecule has 0 aromatic carbocycles. The second-order valence-electron chi connectivity index (χ2n) is 3.76. The maximum Gasteiger partial charge on any atom is 0.328 e. The van der Waals surface area contributed by atoms with Gasteiger partial charge in [-0.3, -0.25) is 4.79 Å². The molecule has 0 aliphatic heterocycles. The number of aliphatic carboxylic acids is 1. The second-order valence-corrected chi connectivity index (χ2v) is 3.76. The third kappa shape index (κ3) is 6.60. The van der Waals surface area contributed by atoms with Crippen LogP contribution in [0.2, 0.25) is 0 Å². The lowest BCUT2D eigenvalue weighted by molar-refractivity contribution is -0.132. The molecule has 5 nitrogen and oxygen atoms in total. The smallest absolute Gasteiger partial charge is 0.328 e. The molecule has 0 aromatic rings. The van der Waals surface area contributed by atoms with Crippen molar-refractivity contribution >= 4 is 11.9 Å². The Bertz CT molecular complexity index is 316. The summed E-state index contributed by atoms with van der Waals surface area (Å²) in [4.78, 5) is 23.3. The van der Waals surface area contributed by atoms with E-state index in [2.05, 4.69) is 0 Å². The van der Waals surface area contributed by atoms with Crippen LogP contribution in [0, 0.1) is 17.2 Å². The largest absolute Gasteiger partial charge is 0.478 e. The van der Waals surface area contributed by atoms with Crippen LogP contribution in [0.1, 0.15) is 20.3 Å². The minimum atomic E-state index is -1.15. The predicted octanol–water partition coefficient (Wildman–Crippen LogP) is 1.03. The molecular formula is C11H16N2O3. The number of hydrogen-bond acceptors (Lipinski definition) is 3. The number of nitrogens with zero attached hydrogens (tertiary/aromatic N) is 2. The predicted molar refractivity (Wildman–Crippen MR) is 58.4 cm³/mol. The first-order chi connectivity index (χ1) is 7.47. The van der Waals surface area contributed by atoms with Crippen molar-refractivity contribution in [2.45, 2.75) is 20.3 Å². The standard InChI is InChI=1S/C11H16N2O3/c1-9(2)8-13(7-3-6-12)10(14)4-5-11(15)16/h4-5,9H,3,7-8H2,1-2H3,(H,15,16)/b5-4+. The fraction of sp³-hybridized carbons (Fsp3) is 0.545. The van der Waals surface area contributed by atoms with Crippen molar-refractivity contribution in [1.29, 1.82) is 5.26 Å². The van der Waals surface area contributed by atoms with E-state index in [0.29, 0.717) is 13.1 Å². The van der Waals surface area contributed by atoms with Gasteiger partial charge < -0.3 is 10.0 Å². The molecule has 0 atom stereocenters. The van der Waals surface area contributed by atoms with E-state index in [4.69, 9.17) is 10.4 Å². The highest BCUT2D eigenvalue weighted by Gasteiger charge is 2.11. The van der Waals surface area contributed by atoms with Crippen LogP contribution >= 0.6 is 0 Å². The number of amides is 1. The van der Waals surface area contributed by atoms with E-state index >= 15 is 0 Å². The second kappa shape index (κ2) is 7.46. The molecule has 16 heavy (non-hydrogen) atoms. The summed E-state index contributed by atoms with van der Waals surface area (Å²) in [6.45, 7) is 4.75. The lowest BCUT2D eigenvalue weighted by Crippen LogP contribution is -2.33. The Hall–Kier alpha value is -1.83. The molecule has 5 heteroatoms. The van der Waals surface area contributed by atoms with Crippen molar-refractivity contribution < 1.29 is 14.7 Å². The molecule has 1 amide bonds. The van der Waals surface area contributed by atoms with Gasteiger partial charge in [-0.1, -0.05) is 13.8 Å². The minimum Gasteiger partial charge on any atom is -0.478 e. The number of rotatable bonds is 6. The van der Waals surface area contributed by atoms with E-state index in [0.717, 1.165) is 12.2 Å². The lowest BCUT2D eigenvalue weighted by Gasteiger charge is -2.21. The summed E-state index contributed by atoms with van der Waals surface area (Å²) in [5.74, 6) is -1.25. The molecule has 88 valence electrons. The Balaban J connectivity index is 4.43. The number of nitriles is 1. The van der Waals surface area contributed by atoms with Gasteiger partial charge in [-0.2, -0.15) is 5.26 Å². The summed E-state index contributed by atoms with van der Waals surface area (Å²) < 4.78 is 0. The van der Waals surface area contributed by atoms with Gasteiger partial charge in [0.25, 0.3) is 0 Å². The molecule has 0 saturated carbocycles. The molecule has 0 heterocycles. The van der Waals surface area contributed by atoms with Crippen LogP contribution in [0.3, 0.4) is 0 Å². The van der Waals surface area contributed by atoms with Gasteiger partial charge in [0.1, 0.15) is 0 Å². The topological polar surface area (TPSA) is 81.4 Å². The van der Waals surface area contributed by atoms with Crippen LogP contribution in [0.15, 0.2) is 12.2 Å². The van der Waals surface area contributed by atoms with Crippen LogP contribution in [-0.2, 0) is 9.59 Å². The van der Waals surface area contributed by atoms with Gasteiger partial charge in [-0.25, -0.2) is 4.79 Å². The number of hydrogen-bond donors (Lipinski definition) is 1. The summed E-state index contributed by atoms with van der Waals surface area (Å²) in [6.07, 6.45) is 2.07. The molecule has 0 spiro atoms. The zero-order chi connectivity index (χ0) is 12.6. The fourth-order valence-electron chi connectivity index (χ4n) is 1.17. The molecule has 0 aromatic heterocycles. The SMILES string of the molecule is CC(C)CN(CCC#N)C(=O)/C=C/C(=O)O. The number of carboxylic acids is 1. The highest BCUT2D eigenvalue weighted by atomic mass is 16.4. The Labute approximate surface area is 95.0 Å².